The molecule has 0 spiro atoms. The fourth-order valence-electron chi connectivity index (χ4n) is 3.06. The van der Waals surface area contributed by atoms with Crippen LogP contribution in [0.3, 0.4) is 0 Å². The number of hydrogen-bond donors (Lipinski definition) is 1. The smallest absolute Gasteiger partial charge is 0.142 e. The van der Waals surface area contributed by atoms with Gasteiger partial charge in [-0.15, -0.1) is 0 Å². The number of nitrogen functional groups attached to an aromatic ring is 1. The van der Waals surface area contributed by atoms with Crippen molar-refractivity contribution < 1.29 is 0 Å². The van der Waals surface area contributed by atoms with Crippen molar-refractivity contribution in [3.05, 3.63) is 83.4 Å². The number of rotatable bonds is 2. The summed E-state index contributed by atoms with van der Waals surface area (Å²) < 4.78 is 0. The lowest BCUT2D eigenvalue weighted by molar-refractivity contribution is 1.31. The van der Waals surface area contributed by atoms with Crippen molar-refractivity contribution in [1.29, 1.82) is 5.26 Å². The Hall–Kier alpha value is -3.35. The van der Waals surface area contributed by atoms with Crippen LogP contribution in [-0.4, -0.2) is 4.98 Å². The van der Waals surface area contributed by atoms with Gasteiger partial charge in [0.25, 0.3) is 0 Å². The van der Waals surface area contributed by atoms with Crippen LogP contribution in [-0.2, 0) is 0 Å². The van der Waals surface area contributed by atoms with E-state index >= 15 is 0 Å². The first-order chi connectivity index (χ1) is 12.7. The SMILES string of the molecule is N#Cc1c(-c2cccc(Cl)c2)cc(-c2ccc3ccccc3c2)nc1N. The standard InChI is InChI=1S/C22H14ClN3/c23-18-7-3-6-16(11-18)19-12-21(26-22(25)20(19)13-24)17-9-8-14-4-1-2-5-15(14)10-17/h1-12H,(H2,25,26). The summed E-state index contributed by atoms with van der Waals surface area (Å²) in [5.41, 5.74) is 9.69. The Labute approximate surface area is 156 Å². The van der Waals surface area contributed by atoms with E-state index in [2.05, 4.69) is 35.3 Å². The van der Waals surface area contributed by atoms with Gasteiger partial charge in [0.05, 0.1) is 5.69 Å². The van der Waals surface area contributed by atoms with Gasteiger partial charge in [0.15, 0.2) is 0 Å². The summed E-state index contributed by atoms with van der Waals surface area (Å²) in [6, 6.07) is 25.7. The zero-order valence-corrected chi connectivity index (χ0v) is 14.5. The molecular weight excluding hydrogens is 342 g/mol. The van der Waals surface area contributed by atoms with Crippen LogP contribution in [0.25, 0.3) is 33.2 Å². The molecule has 0 atom stereocenters. The van der Waals surface area contributed by atoms with Gasteiger partial charge in [-0.2, -0.15) is 5.26 Å². The second-order valence-electron chi connectivity index (χ2n) is 6.00. The summed E-state index contributed by atoms with van der Waals surface area (Å²) in [4.78, 5) is 4.45. The number of benzene rings is 3. The van der Waals surface area contributed by atoms with E-state index in [9.17, 15) is 5.26 Å². The van der Waals surface area contributed by atoms with Crippen LogP contribution in [0.15, 0.2) is 72.8 Å². The molecule has 0 fully saturated rings. The number of hydrogen-bond acceptors (Lipinski definition) is 3. The number of pyridine rings is 1. The van der Waals surface area contributed by atoms with Gasteiger partial charge in [-0.05, 0) is 40.6 Å². The highest BCUT2D eigenvalue weighted by Crippen LogP contribution is 2.33. The third-order valence-electron chi connectivity index (χ3n) is 4.34. The van der Waals surface area contributed by atoms with Crippen LogP contribution in [0.4, 0.5) is 5.82 Å². The van der Waals surface area contributed by atoms with Crippen molar-refractivity contribution in [3.8, 4) is 28.5 Å². The minimum absolute atomic E-state index is 0.216. The monoisotopic (exact) mass is 355 g/mol. The molecule has 3 aromatic carbocycles. The molecule has 2 N–H and O–H groups in total. The molecule has 1 heterocycles. The lowest BCUT2D eigenvalue weighted by atomic mass is 9.97. The lowest BCUT2D eigenvalue weighted by Gasteiger charge is -2.11. The first kappa shape index (κ1) is 16.1. The topological polar surface area (TPSA) is 62.7 Å². The van der Waals surface area contributed by atoms with E-state index in [1.54, 1.807) is 6.07 Å². The molecule has 3 nitrogen and oxygen atoms in total. The summed E-state index contributed by atoms with van der Waals surface area (Å²) in [5.74, 6) is 0.216. The van der Waals surface area contributed by atoms with Crippen LogP contribution in [0.5, 0.6) is 0 Å². The van der Waals surface area contributed by atoms with Gasteiger partial charge in [0, 0.05) is 16.1 Å². The molecule has 0 amide bonds. The maximum Gasteiger partial charge on any atom is 0.142 e. The Kier molecular flexibility index (Phi) is 4.04. The fourth-order valence-corrected chi connectivity index (χ4v) is 3.25. The van der Waals surface area contributed by atoms with E-state index in [1.165, 1.54) is 0 Å². The Morgan fingerprint density at radius 2 is 1.65 bits per heavy atom. The molecule has 4 rings (SSSR count). The zero-order valence-electron chi connectivity index (χ0n) is 13.8. The molecule has 0 radical (unpaired) electrons. The van der Waals surface area contributed by atoms with Crippen molar-refractivity contribution >= 4 is 28.2 Å². The number of aromatic nitrogens is 1. The second-order valence-corrected chi connectivity index (χ2v) is 6.44. The van der Waals surface area contributed by atoms with E-state index in [1.807, 2.05) is 42.5 Å². The Balaban J connectivity index is 1.93. The molecule has 0 bridgehead atoms. The van der Waals surface area contributed by atoms with E-state index in [0.29, 0.717) is 10.6 Å². The van der Waals surface area contributed by atoms with Crippen molar-refractivity contribution in [3.63, 3.8) is 0 Å². The molecule has 0 aliphatic heterocycles. The number of halogens is 1. The fraction of sp³-hybridized carbons (Fsp3) is 0. The van der Waals surface area contributed by atoms with Gasteiger partial charge in [-0.3, -0.25) is 0 Å². The van der Waals surface area contributed by atoms with Crippen molar-refractivity contribution in [2.45, 2.75) is 0 Å². The molecule has 1 aromatic heterocycles. The molecule has 0 aliphatic rings. The molecule has 26 heavy (non-hydrogen) atoms. The molecule has 0 unspecified atom stereocenters. The van der Waals surface area contributed by atoms with Gasteiger partial charge in [-0.1, -0.05) is 60.1 Å². The normalized spacial score (nSPS) is 10.6. The third-order valence-corrected chi connectivity index (χ3v) is 4.58. The Morgan fingerprint density at radius 1 is 0.846 bits per heavy atom. The number of anilines is 1. The average Bonchev–Trinajstić information content (AvgIpc) is 2.67. The number of fused-ring (bicyclic) bond motifs is 1. The second kappa shape index (κ2) is 6.51. The zero-order chi connectivity index (χ0) is 18.1. The minimum atomic E-state index is 0.216. The summed E-state index contributed by atoms with van der Waals surface area (Å²) in [7, 11) is 0. The first-order valence-corrected chi connectivity index (χ1v) is 8.49. The first-order valence-electron chi connectivity index (χ1n) is 8.11. The van der Waals surface area contributed by atoms with E-state index in [4.69, 9.17) is 17.3 Å². The van der Waals surface area contributed by atoms with Crippen molar-refractivity contribution in [2.75, 3.05) is 5.73 Å². The highest BCUT2D eigenvalue weighted by Gasteiger charge is 2.14. The molecule has 0 saturated heterocycles. The maximum absolute atomic E-state index is 9.53. The largest absolute Gasteiger partial charge is 0.383 e. The quantitative estimate of drug-likeness (QED) is 0.503. The molecule has 124 valence electrons. The van der Waals surface area contributed by atoms with Crippen LogP contribution >= 0.6 is 11.6 Å². The number of nitrogens with zero attached hydrogens (tertiary/aromatic N) is 2. The van der Waals surface area contributed by atoms with E-state index in [-0.39, 0.29) is 5.82 Å². The average molecular weight is 356 g/mol. The van der Waals surface area contributed by atoms with Gasteiger partial charge >= 0.3 is 0 Å². The van der Waals surface area contributed by atoms with Crippen molar-refractivity contribution in [2.24, 2.45) is 0 Å². The van der Waals surface area contributed by atoms with Crippen LogP contribution in [0.1, 0.15) is 5.56 Å². The third kappa shape index (κ3) is 2.88. The number of nitriles is 1. The van der Waals surface area contributed by atoms with Crippen LogP contribution in [0.2, 0.25) is 5.02 Å². The molecule has 4 aromatic rings. The predicted molar refractivity (Wildman–Crippen MR) is 107 cm³/mol. The van der Waals surface area contributed by atoms with Crippen molar-refractivity contribution in [1.82, 2.24) is 4.98 Å². The summed E-state index contributed by atoms with van der Waals surface area (Å²) >= 11 is 6.12. The highest BCUT2D eigenvalue weighted by molar-refractivity contribution is 6.30. The van der Waals surface area contributed by atoms with E-state index < -0.39 is 0 Å². The van der Waals surface area contributed by atoms with Gasteiger partial charge in [0.2, 0.25) is 0 Å². The highest BCUT2D eigenvalue weighted by atomic mass is 35.5. The Bertz CT molecular complexity index is 1180. The van der Waals surface area contributed by atoms with E-state index in [0.717, 1.165) is 33.2 Å². The van der Waals surface area contributed by atoms with Gasteiger partial charge < -0.3 is 5.73 Å². The lowest BCUT2D eigenvalue weighted by Crippen LogP contribution is -1.99. The van der Waals surface area contributed by atoms with Crippen LogP contribution < -0.4 is 5.73 Å². The Morgan fingerprint density at radius 3 is 2.42 bits per heavy atom. The summed E-state index contributed by atoms with van der Waals surface area (Å²) in [5, 5.41) is 12.4. The van der Waals surface area contributed by atoms with Gasteiger partial charge in [0.1, 0.15) is 17.5 Å². The molecule has 4 heteroatoms. The molecular formula is C22H14ClN3. The predicted octanol–water partition coefficient (Wildman–Crippen LogP) is 5.68. The summed E-state index contributed by atoms with van der Waals surface area (Å²) in [6.45, 7) is 0. The molecule has 0 saturated carbocycles. The van der Waals surface area contributed by atoms with Crippen LogP contribution in [0, 0.1) is 11.3 Å². The molecule has 0 aliphatic carbocycles. The summed E-state index contributed by atoms with van der Waals surface area (Å²) in [6.07, 6.45) is 0. The minimum Gasteiger partial charge on any atom is -0.383 e. The maximum atomic E-state index is 9.53. The van der Waals surface area contributed by atoms with Gasteiger partial charge in [-0.25, -0.2) is 4.98 Å². The number of nitrogens with two attached hydrogens (primary N) is 1.